The van der Waals surface area contributed by atoms with E-state index in [2.05, 4.69) is 4.98 Å². The molecular formula is C18H14N2O2. The van der Waals surface area contributed by atoms with Crippen molar-refractivity contribution < 1.29 is 10.2 Å². The summed E-state index contributed by atoms with van der Waals surface area (Å²) >= 11 is 0. The Kier molecular flexibility index (Phi) is 3.73. The maximum Gasteiger partial charge on any atom is 0.159 e. The molecule has 0 fully saturated rings. The summed E-state index contributed by atoms with van der Waals surface area (Å²) in [6, 6.07) is 9.00. The first-order valence-corrected chi connectivity index (χ1v) is 6.95. The van der Waals surface area contributed by atoms with Gasteiger partial charge in [-0.25, -0.2) is 4.98 Å². The highest BCUT2D eigenvalue weighted by atomic mass is 16.3. The van der Waals surface area contributed by atoms with Gasteiger partial charge in [-0.05, 0) is 30.2 Å². The van der Waals surface area contributed by atoms with Crippen LogP contribution in [-0.4, -0.2) is 21.3 Å². The van der Waals surface area contributed by atoms with E-state index in [1.807, 2.05) is 42.5 Å². The van der Waals surface area contributed by atoms with Crippen molar-refractivity contribution >= 4 is 17.0 Å². The summed E-state index contributed by atoms with van der Waals surface area (Å²) in [5, 5.41) is 29.2. The molecule has 1 aromatic heterocycles. The molecule has 0 amide bonds. The van der Waals surface area contributed by atoms with Gasteiger partial charge in [-0.2, -0.15) is 5.26 Å². The van der Waals surface area contributed by atoms with E-state index in [1.165, 1.54) is 0 Å². The Labute approximate surface area is 128 Å². The standard InChI is InChI=1S/C18H14N2O2/c19-11-14-5-4-13-6-8-15(20-17(13)18(14)22)7-1-12-2-9-16(21)10-3-12/h1-9,16,21-22H,10H2. The largest absolute Gasteiger partial charge is 0.504 e. The van der Waals surface area contributed by atoms with Crippen molar-refractivity contribution in [3.05, 3.63) is 65.4 Å². The summed E-state index contributed by atoms with van der Waals surface area (Å²) in [6.45, 7) is 0. The highest BCUT2D eigenvalue weighted by molar-refractivity contribution is 5.87. The quantitative estimate of drug-likeness (QED) is 0.891. The molecule has 0 saturated heterocycles. The Morgan fingerprint density at radius 3 is 2.77 bits per heavy atom. The van der Waals surface area contributed by atoms with Crippen LogP contribution in [0.15, 0.2) is 54.1 Å². The molecule has 108 valence electrons. The predicted molar refractivity (Wildman–Crippen MR) is 85.0 cm³/mol. The summed E-state index contributed by atoms with van der Waals surface area (Å²) in [5.74, 6) is -0.0878. The number of aliphatic hydroxyl groups is 1. The number of aromatic nitrogens is 1. The number of phenols is 1. The second-order valence-electron chi connectivity index (χ2n) is 5.08. The molecule has 0 bridgehead atoms. The number of allylic oxidation sites excluding steroid dienone is 3. The van der Waals surface area contributed by atoms with Gasteiger partial charge in [0.05, 0.1) is 17.4 Å². The second kappa shape index (κ2) is 5.84. The third-order valence-corrected chi connectivity index (χ3v) is 3.53. The van der Waals surface area contributed by atoms with Crippen molar-refractivity contribution in [1.29, 1.82) is 5.26 Å². The normalized spacial score (nSPS) is 17.6. The van der Waals surface area contributed by atoms with Crippen LogP contribution in [0.2, 0.25) is 0 Å². The van der Waals surface area contributed by atoms with Crippen molar-refractivity contribution in [2.45, 2.75) is 12.5 Å². The summed E-state index contributed by atoms with van der Waals surface area (Å²) in [6.07, 6.45) is 9.50. The third-order valence-electron chi connectivity index (χ3n) is 3.53. The van der Waals surface area contributed by atoms with E-state index in [0.29, 0.717) is 17.6 Å². The first kappa shape index (κ1) is 14.1. The van der Waals surface area contributed by atoms with Crippen molar-refractivity contribution in [3.63, 3.8) is 0 Å². The number of aromatic hydroxyl groups is 1. The Balaban J connectivity index is 1.94. The minimum atomic E-state index is -0.405. The number of hydrogen-bond donors (Lipinski definition) is 2. The minimum absolute atomic E-state index is 0.0878. The minimum Gasteiger partial charge on any atom is -0.504 e. The van der Waals surface area contributed by atoms with Gasteiger partial charge < -0.3 is 10.2 Å². The van der Waals surface area contributed by atoms with Gasteiger partial charge in [0.25, 0.3) is 0 Å². The lowest BCUT2D eigenvalue weighted by Gasteiger charge is -2.07. The molecule has 22 heavy (non-hydrogen) atoms. The van der Waals surface area contributed by atoms with Crippen molar-refractivity contribution in [2.75, 3.05) is 0 Å². The molecule has 0 aliphatic heterocycles. The van der Waals surface area contributed by atoms with Crippen LogP contribution in [0, 0.1) is 11.3 Å². The van der Waals surface area contributed by atoms with Gasteiger partial charge in [0.15, 0.2) is 5.75 Å². The highest BCUT2D eigenvalue weighted by Gasteiger charge is 2.07. The van der Waals surface area contributed by atoms with Gasteiger partial charge in [0.1, 0.15) is 11.6 Å². The van der Waals surface area contributed by atoms with Crippen LogP contribution in [0.25, 0.3) is 17.0 Å². The lowest BCUT2D eigenvalue weighted by molar-refractivity contribution is 0.225. The van der Waals surface area contributed by atoms with Crippen LogP contribution in [0.3, 0.4) is 0 Å². The molecule has 1 atom stereocenters. The first-order chi connectivity index (χ1) is 10.7. The van der Waals surface area contributed by atoms with Gasteiger partial charge in [-0.3, -0.25) is 0 Å². The average molecular weight is 290 g/mol. The van der Waals surface area contributed by atoms with Crippen molar-refractivity contribution in [2.24, 2.45) is 0 Å². The molecule has 1 aliphatic rings. The Hall–Kier alpha value is -2.90. The van der Waals surface area contributed by atoms with E-state index in [0.717, 1.165) is 11.0 Å². The van der Waals surface area contributed by atoms with Crippen LogP contribution in [0.5, 0.6) is 5.75 Å². The Morgan fingerprint density at radius 1 is 1.23 bits per heavy atom. The smallest absolute Gasteiger partial charge is 0.159 e. The van der Waals surface area contributed by atoms with Gasteiger partial charge in [-0.1, -0.05) is 36.4 Å². The number of aliphatic hydroxyl groups excluding tert-OH is 1. The van der Waals surface area contributed by atoms with Crippen LogP contribution in [0.1, 0.15) is 17.7 Å². The SMILES string of the molecule is N#Cc1ccc2ccc(C=CC3=CCC(O)C=C3)nc2c1O. The number of nitriles is 1. The topological polar surface area (TPSA) is 77.1 Å². The average Bonchev–Trinajstić information content (AvgIpc) is 2.55. The van der Waals surface area contributed by atoms with E-state index in [9.17, 15) is 10.2 Å². The fourth-order valence-corrected chi connectivity index (χ4v) is 2.30. The molecule has 2 aromatic rings. The van der Waals surface area contributed by atoms with Gasteiger partial charge in [-0.15, -0.1) is 0 Å². The fourth-order valence-electron chi connectivity index (χ4n) is 2.30. The molecule has 1 aliphatic carbocycles. The van der Waals surface area contributed by atoms with Gasteiger partial charge in [0.2, 0.25) is 0 Å². The number of phenolic OH excluding ortho intramolecular Hbond substituents is 1. The van der Waals surface area contributed by atoms with Crippen LogP contribution >= 0.6 is 0 Å². The molecule has 1 aromatic carbocycles. The Bertz CT molecular complexity index is 857. The van der Waals surface area contributed by atoms with Crippen molar-refractivity contribution in [3.8, 4) is 11.8 Å². The monoisotopic (exact) mass is 290 g/mol. The fraction of sp³-hybridized carbons (Fsp3) is 0.111. The van der Waals surface area contributed by atoms with Crippen LogP contribution < -0.4 is 0 Å². The van der Waals surface area contributed by atoms with Gasteiger partial charge >= 0.3 is 0 Å². The predicted octanol–water partition coefficient (Wildman–Crippen LogP) is 3.07. The number of fused-ring (bicyclic) bond motifs is 1. The van der Waals surface area contributed by atoms with Crippen LogP contribution in [0.4, 0.5) is 0 Å². The second-order valence-corrected chi connectivity index (χ2v) is 5.08. The zero-order valence-electron chi connectivity index (χ0n) is 11.8. The summed E-state index contributed by atoms with van der Waals surface area (Å²) in [7, 11) is 0. The first-order valence-electron chi connectivity index (χ1n) is 6.95. The zero-order chi connectivity index (χ0) is 15.5. The summed E-state index contributed by atoms with van der Waals surface area (Å²) in [5.41, 5.74) is 2.33. The maximum atomic E-state index is 10.1. The Morgan fingerprint density at radius 2 is 2.05 bits per heavy atom. The molecule has 3 rings (SSSR count). The number of rotatable bonds is 2. The number of nitrogens with zero attached hydrogens (tertiary/aromatic N) is 2. The zero-order valence-corrected chi connectivity index (χ0v) is 11.8. The number of hydrogen-bond acceptors (Lipinski definition) is 4. The number of benzene rings is 1. The summed E-state index contributed by atoms with van der Waals surface area (Å²) in [4.78, 5) is 4.39. The van der Waals surface area contributed by atoms with E-state index in [-0.39, 0.29) is 11.3 Å². The summed E-state index contributed by atoms with van der Waals surface area (Å²) < 4.78 is 0. The molecule has 1 unspecified atom stereocenters. The van der Waals surface area contributed by atoms with Gasteiger partial charge in [0, 0.05) is 5.39 Å². The van der Waals surface area contributed by atoms with E-state index >= 15 is 0 Å². The highest BCUT2D eigenvalue weighted by Crippen LogP contribution is 2.27. The molecule has 0 radical (unpaired) electrons. The third kappa shape index (κ3) is 2.76. The molecule has 0 saturated carbocycles. The lowest BCUT2D eigenvalue weighted by atomic mass is 10.0. The van der Waals surface area contributed by atoms with Crippen molar-refractivity contribution in [1.82, 2.24) is 4.98 Å². The molecule has 4 nitrogen and oxygen atoms in total. The molecule has 4 heteroatoms. The molecule has 0 spiro atoms. The van der Waals surface area contributed by atoms with Crippen LogP contribution in [-0.2, 0) is 0 Å². The van der Waals surface area contributed by atoms with E-state index in [4.69, 9.17) is 5.26 Å². The number of pyridine rings is 1. The maximum absolute atomic E-state index is 10.1. The molecular weight excluding hydrogens is 276 g/mol. The van der Waals surface area contributed by atoms with E-state index in [1.54, 1.807) is 18.2 Å². The lowest BCUT2D eigenvalue weighted by Crippen LogP contribution is -2.03. The molecule has 2 N–H and O–H groups in total. The van der Waals surface area contributed by atoms with E-state index < -0.39 is 6.10 Å². The molecule has 1 heterocycles.